The van der Waals surface area contributed by atoms with Crippen LogP contribution in [-0.4, -0.2) is 73.6 Å². The van der Waals surface area contributed by atoms with Crippen LogP contribution in [0.5, 0.6) is 5.75 Å². The first-order valence-corrected chi connectivity index (χ1v) is 16.6. The van der Waals surface area contributed by atoms with E-state index in [1.807, 2.05) is 11.8 Å². The number of carbonyl (C=O) groups is 2. The topological polar surface area (TPSA) is 125 Å². The number of rotatable bonds is 6. The van der Waals surface area contributed by atoms with E-state index in [4.69, 9.17) is 16.6 Å². The molecule has 48 heavy (non-hydrogen) atoms. The summed E-state index contributed by atoms with van der Waals surface area (Å²) in [5.41, 5.74) is 2.06. The summed E-state index contributed by atoms with van der Waals surface area (Å²) in [6.07, 6.45) is 7.02. The molecule has 4 aliphatic rings. The zero-order chi connectivity index (χ0) is 33.6. The Labute approximate surface area is 280 Å². The summed E-state index contributed by atoms with van der Waals surface area (Å²) < 4.78 is 16.8. The van der Waals surface area contributed by atoms with Crippen LogP contribution < -0.4 is 15.4 Å². The molecule has 11 nitrogen and oxygen atoms in total. The molecular weight excluding hydrogens is 637 g/mol. The van der Waals surface area contributed by atoms with Crippen molar-refractivity contribution in [3.8, 4) is 22.7 Å². The van der Waals surface area contributed by atoms with Crippen LogP contribution >= 0.6 is 11.6 Å². The van der Waals surface area contributed by atoms with E-state index in [-0.39, 0.29) is 76.1 Å². The second-order valence-electron chi connectivity index (χ2n) is 13.0. The molecule has 5 heterocycles. The van der Waals surface area contributed by atoms with Crippen LogP contribution in [0.2, 0.25) is 5.02 Å². The average molecular weight is 670 g/mol. The van der Waals surface area contributed by atoms with E-state index < -0.39 is 17.4 Å². The number of carbonyl (C=O) groups excluding carboxylic acids is 2. The predicted molar refractivity (Wildman–Crippen MR) is 179 cm³/mol. The van der Waals surface area contributed by atoms with Gasteiger partial charge in [-0.1, -0.05) is 31.2 Å². The second kappa shape index (κ2) is 11.1. The lowest BCUT2D eigenvalue weighted by Crippen LogP contribution is -2.66. The molecule has 2 aliphatic heterocycles. The van der Waals surface area contributed by atoms with E-state index >= 15 is 9.18 Å². The van der Waals surface area contributed by atoms with Gasteiger partial charge in [-0.05, 0) is 56.4 Å². The number of phenolic OH excluding ortho intramolecular Hbond substituents is 1. The molecular formula is C35H33ClFN7O4. The lowest BCUT2D eigenvalue weighted by atomic mass is 9.97. The van der Waals surface area contributed by atoms with Gasteiger partial charge in [0.05, 0.1) is 45.6 Å². The minimum Gasteiger partial charge on any atom is -0.507 e. The maximum absolute atomic E-state index is 15.3. The number of hydrogen-bond donors (Lipinski definition) is 1. The van der Waals surface area contributed by atoms with E-state index in [0.29, 0.717) is 23.2 Å². The quantitative estimate of drug-likeness (QED) is 0.283. The molecule has 2 saturated carbocycles. The highest BCUT2D eigenvalue weighted by atomic mass is 35.5. The van der Waals surface area contributed by atoms with E-state index in [0.717, 1.165) is 37.1 Å². The zero-order valence-electron chi connectivity index (χ0n) is 26.5. The molecule has 1 N–H and O–H groups in total. The number of hydrogen-bond acceptors (Lipinski definition) is 8. The molecule has 0 spiro atoms. The molecule has 1 aromatic carbocycles. The Bertz CT molecular complexity index is 2080. The number of phenols is 1. The van der Waals surface area contributed by atoms with E-state index in [2.05, 4.69) is 16.5 Å². The molecule has 3 aromatic heterocycles. The van der Waals surface area contributed by atoms with Gasteiger partial charge >= 0.3 is 0 Å². The molecule has 0 bridgehead atoms. The number of piperazine rings is 1. The van der Waals surface area contributed by atoms with Gasteiger partial charge in [-0.15, -0.1) is 0 Å². The molecule has 2 atom stereocenters. The number of halogens is 2. The van der Waals surface area contributed by atoms with Gasteiger partial charge in [0.2, 0.25) is 5.91 Å². The summed E-state index contributed by atoms with van der Waals surface area (Å²) in [6.45, 7) is 5.98. The first-order valence-electron chi connectivity index (χ1n) is 16.2. The van der Waals surface area contributed by atoms with E-state index in [9.17, 15) is 14.7 Å². The summed E-state index contributed by atoms with van der Waals surface area (Å²) in [5, 5.41) is 11.3. The fourth-order valence-corrected chi connectivity index (χ4v) is 7.59. The lowest BCUT2D eigenvalue weighted by Gasteiger charge is -2.50. The lowest BCUT2D eigenvalue weighted by molar-refractivity contribution is -0.131. The molecule has 8 rings (SSSR count). The largest absolute Gasteiger partial charge is 0.507 e. The van der Waals surface area contributed by atoms with Gasteiger partial charge in [-0.3, -0.25) is 19.0 Å². The molecule has 3 fully saturated rings. The van der Waals surface area contributed by atoms with Crippen molar-refractivity contribution in [1.82, 2.24) is 24.4 Å². The van der Waals surface area contributed by atoms with Crippen molar-refractivity contribution >= 4 is 45.8 Å². The van der Waals surface area contributed by atoms with Crippen molar-refractivity contribution in [2.75, 3.05) is 29.9 Å². The summed E-state index contributed by atoms with van der Waals surface area (Å²) in [6, 6.07) is 4.51. The zero-order valence-corrected chi connectivity index (χ0v) is 27.2. The number of likely N-dealkylation sites (N-methyl/N-ethyl adjacent to an activating group) is 1. The van der Waals surface area contributed by atoms with Crippen LogP contribution in [0.25, 0.3) is 28.0 Å². The Balaban J connectivity index is 1.48. The third kappa shape index (κ3) is 4.52. The maximum Gasteiger partial charge on any atom is 0.283 e. The van der Waals surface area contributed by atoms with Gasteiger partial charge in [0.15, 0.2) is 5.65 Å². The van der Waals surface area contributed by atoms with Crippen LogP contribution in [0.1, 0.15) is 62.3 Å². The van der Waals surface area contributed by atoms with Gasteiger partial charge < -0.3 is 19.8 Å². The average Bonchev–Trinajstić information content (AvgIpc) is 4.01. The van der Waals surface area contributed by atoms with Crippen LogP contribution in [0.4, 0.5) is 15.8 Å². The van der Waals surface area contributed by atoms with Crippen LogP contribution in [0.3, 0.4) is 0 Å². The number of pyridine rings is 2. The van der Waals surface area contributed by atoms with Crippen molar-refractivity contribution in [1.29, 1.82) is 0 Å². The SMILES string of the molecule is C=CC(=O)N1C[C@@H]2C(=O)N(C)c3c(c4cc(Cl)c(-c5c(O)cccc5F)nc4n(-c4c(C5CC5)ncnc4C4CC4)c3=O)N2C[C@H]1CC. The molecule has 13 heteroatoms. The predicted octanol–water partition coefficient (Wildman–Crippen LogP) is 5.05. The minimum atomic E-state index is -0.786. The molecule has 2 aliphatic carbocycles. The summed E-state index contributed by atoms with van der Waals surface area (Å²) in [4.78, 5) is 61.2. The number of nitrogens with zero attached hydrogens (tertiary/aromatic N) is 7. The number of aromatic hydroxyl groups is 1. The van der Waals surface area contributed by atoms with Crippen LogP contribution in [-0.2, 0) is 9.59 Å². The van der Waals surface area contributed by atoms with Crippen molar-refractivity contribution < 1.29 is 19.1 Å². The fraction of sp³-hybridized carbons (Fsp3) is 0.371. The third-order valence-electron chi connectivity index (χ3n) is 10.1. The first kappa shape index (κ1) is 30.5. The Morgan fingerprint density at radius 3 is 2.38 bits per heavy atom. The highest BCUT2D eigenvalue weighted by molar-refractivity contribution is 6.34. The first-order chi connectivity index (χ1) is 23.1. The number of benzene rings is 1. The van der Waals surface area contributed by atoms with Crippen molar-refractivity contribution in [2.24, 2.45) is 0 Å². The van der Waals surface area contributed by atoms with Gasteiger partial charge in [0, 0.05) is 36.9 Å². The monoisotopic (exact) mass is 669 g/mol. The molecule has 4 aromatic rings. The smallest absolute Gasteiger partial charge is 0.283 e. The second-order valence-corrected chi connectivity index (χ2v) is 13.4. The molecule has 1 saturated heterocycles. The Morgan fingerprint density at radius 2 is 1.77 bits per heavy atom. The highest BCUT2D eigenvalue weighted by Gasteiger charge is 2.47. The van der Waals surface area contributed by atoms with Gasteiger partial charge in [-0.25, -0.2) is 19.3 Å². The molecule has 246 valence electrons. The third-order valence-corrected chi connectivity index (χ3v) is 10.4. The number of anilines is 2. The van der Waals surface area contributed by atoms with E-state index in [1.54, 1.807) is 24.3 Å². The summed E-state index contributed by atoms with van der Waals surface area (Å²) in [7, 11) is 1.56. The normalized spacial score (nSPS) is 20.6. The highest BCUT2D eigenvalue weighted by Crippen LogP contribution is 2.49. The summed E-state index contributed by atoms with van der Waals surface area (Å²) >= 11 is 6.91. The summed E-state index contributed by atoms with van der Waals surface area (Å²) in [5.74, 6) is -1.42. The van der Waals surface area contributed by atoms with Crippen molar-refractivity contribution in [2.45, 2.75) is 62.9 Å². The molecule has 0 unspecified atom stereocenters. The van der Waals surface area contributed by atoms with Crippen molar-refractivity contribution in [3.63, 3.8) is 0 Å². The van der Waals surface area contributed by atoms with Gasteiger partial charge in [0.25, 0.3) is 11.5 Å². The van der Waals surface area contributed by atoms with Gasteiger partial charge in [0.1, 0.15) is 29.6 Å². The minimum absolute atomic E-state index is 0.0321. The Morgan fingerprint density at radius 1 is 1.08 bits per heavy atom. The number of aromatic nitrogens is 4. The van der Waals surface area contributed by atoms with Gasteiger partial charge in [-0.2, -0.15) is 0 Å². The molecule has 0 radical (unpaired) electrons. The Kier molecular flexibility index (Phi) is 7.06. The van der Waals surface area contributed by atoms with Crippen LogP contribution in [0, 0.1) is 5.82 Å². The standard InChI is InChI=1S/C35H33ClFN7O4/c1-4-19-14-43-23(15-42(19)25(46)5-2)34(47)41(3)32-30(43)20-13-21(36)29(26-22(37)7-6-8-24(26)45)40-33(20)44(35(32)48)31-27(17-9-10-17)38-16-39-28(31)18-11-12-18/h5-8,13,16-19,23,45H,2,4,9-12,14-15H2,1,3H3/t19-,23-/m1/s1. The van der Waals surface area contributed by atoms with Crippen LogP contribution in [0.15, 0.2) is 48.0 Å². The molecule has 2 amide bonds. The Hall–Kier alpha value is -4.84. The number of amides is 2. The van der Waals surface area contributed by atoms with Crippen molar-refractivity contribution in [3.05, 3.63) is 75.8 Å². The fourth-order valence-electron chi connectivity index (χ4n) is 7.34. The number of fused-ring (bicyclic) bond motifs is 5. The maximum atomic E-state index is 15.3. The van der Waals surface area contributed by atoms with E-state index in [1.165, 1.54) is 33.7 Å².